The summed E-state index contributed by atoms with van der Waals surface area (Å²) in [6.07, 6.45) is 1.30. The molecular weight excluding hydrogens is 378 g/mol. The second-order valence-electron chi connectivity index (χ2n) is 6.92. The molecule has 1 amide bonds. The monoisotopic (exact) mass is 399 g/mol. The fourth-order valence-electron chi connectivity index (χ4n) is 3.48. The number of carbonyl (C=O) groups is 1. The summed E-state index contributed by atoms with van der Waals surface area (Å²) in [5.74, 6) is -0.0259. The fourth-order valence-corrected chi connectivity index (χ4v) is 5.03. The van der Waals surface area contributed by atoms with E-state index < -0.39 is 15.9 Å². The van der Waals surface area contributed by atoms with Crippen LogP contribution in [0.25, 0.3) is 11.1 Å². The quantitative estimate of drug-likeness (QED) is 0.727. The number of amides is 1. The van der Waals surface area contributed by atoms with Crippen LogP contribution in [0.15, 0.2) is 57.8 Å². The first-order valence-electron chi connectivity index (χ1n) is 9.17. The molecule has 146 valence electrons. The van der Waals surface area contributed by atoms with Crippen LogP contribution < -0.4 is 5.32 Å². The summed E-state index contributed by atoms with van der Waals surface area (Å²) in [5, 5.41) is 2.88. The number of carbonyl (C=O) groups excluding carboxylic acids is 1. The third-order valence-corrected chi connectivity index (χ3v) is 6.78. The molecule has 1 aromatic heterocycles. The van der Waals surface area contributed by atoms with E-state index in [2.05, 4.69) is 10.3 Å². The number of aryl methyl sites for hydroxylation is 1. The molecule has 1 N–H and O–H groups in total. The first kappa shape index (κ1) is 18.6. The highest BCUT2D eigenvalue weighted by atomic mass is 32.2. The normalized spacial score (nSPS) is 18.2. The molecule has 1 saturated heterocycles. The van der Waals surface area contributed by atoms with E-state index in [1.165, 1.54) is 4.31 Å². The molecule has 1 unspecified atom stereocenters. The van der Waals surface area contributed by atoms with Gasteiger partial charge in [0.05, 0.1) is 10.8 Å². The minimum Gasteiger partial charge on any atom is -0.441 e. The summed E-state index contributed by atoms with van der Waals surface area (Å²) < 4.78 is 32.5. The van der Waals surface area contributed by atoms with Gasteiger partial charge in [0.15, 0.2) is 11.5 Å². The molecule has 0 bridgehead atoms. The highest BCUT2D eigenvalue weighted by molar-refractivity contribution is 7.89. The van der Waals surface area contributed by atoms with Gasteiger partial charge in [-0.05, 0) is 43.2 Å². The molecule has 2 heterocycles. The first-order chi connectivity index (χ1) is 13.4. The van der Waals surface area contributed by atoms with Crippen LogP contribution in [0.3, 0.4) is 0 Å². The van der Waals surface area contributed by atoms with Gasteiger partial charge in [-0.25, -0.2) is 13.4 Å². The number of sulfonamides is 1. The summed E-state index contributed by atoms with van der Waals surface area (Å²) in [6, 6.07) is 13.6. The number of aromatic nitrogens is 1. The number of rotatable bonds is 4. The third kappa shape index (κ3) is 3.65. The third-order valence-electron chi connectivity index (χ3n) is 4.90. The molecule has 2 aromatic carbocycles. The van der Waals surface area contributed by atoms with Crippen LogP contribution in [-0.2, 0) is 14.8 Å². The van der Waals surface area contributed by atoms with Gasteiger partial charge in [-0.1, -0.05) is 18.2 Å². The molecule has 7 nitrogen and oxygen atoms in total. The Labute approximate surface area is 163 Å². The van der Waals surface area contributed by atoms with E-state index in [9.17, 15) is 13.2 Å². The van der Waals surface area contributed by atoms with Gasteiger partial charge in [0, 0.05) is 25.7 Å². The predicted octanol–water partition coefficient (Wildman–Crippen LogP) is 3.18. The molecule has 1 aliphatic rings. The van der Waals surface area contributed by atoms with Gasteiger partial charge >= 0.3 is 0 Å². The number of anilines is 1. The van der Waals surface area contributed by atoms with Crippen molar-refractivity contribution in [1.29, 1.82) is 0 Å². The Morgan fingerprint density at radius 3 is 2.79 bits per heavy atom. The Bertz CT molecular complexity index is 1110. The summed E-state index contributed by atoms with van der Waals surface area (Å²) in [5.41, 5.74) is 1.95. The van der Waals surface area contributed by atoms with E-state index in [1.54, 1.807) is 55.5 Å². The molecule has 1 atom stereocenters. The summed E-state index contributed by atoms with van der Waals surface area (Å²) in [4.78, 5) is 17.3. The van der Waals surface area contributed by atoms with Gasteiger partial charge in [-0.2, -0.15) is 4.31 Å². The van der Waals surface area contributed by atoms with Crippen LogP contribution in [0.4, 0.5) is 5.69 Å². The Kier molecular flexibility index (Phi) is 4.91. The van der Waals surface area contributed by atoms with Crippen LogP contribution in [0, 0.1) is 12.8 Å². The number of piperidine rings is 1. The molecule has 0 saturated carbocycles. The summed E-state index contributed by atoms with van der Waals surface area (Å²) in [6.45, 7) is 2.36. The second-order valence-corrected chi connectivity index (χ2v) is 8.86. The smallest absolute Gasteiger partial charge is 0.243 e. The van der Waals surface area contributed by atoms with Crippen LogP contribution in [-0.4, -0.2) is 36.7 Å². The maximum absolute atomic E-state index is 12.8. The molecule has 0 spiro atoms. The van der Waals surface area contributed by atoms with Gasteiger partial charge in [-0.15, -0.1) is 0 Å². The largest absolute Gasteiger partial charge is 0.441 e. The van der Waals surface area contributed by atoms with Gasteiger partial charge in [0.25, 0.3) is 0 Å². The van der Waals surface area contributed by atoms with Crippen molar-refractivity contribution in [3.05, 3.63) is 54.4 Å². The van der Waals surface area contributed by atoms with Crippen molar-refractivity contribution >= 4 is 32.7 Å². The van der Waals surface area contributed by atoms with Crippen molar-refractivity contribution in [2.45, 2.75) is 24.7 Å². The Balaban J connectivity index is 1.48. The van der Waals surface area contributed by atoms with Crippen molar-refractivity contribution in [1.82, 2.24) is 9.29 Å². The lowest BCUT2D eigenvalue weighted by molar-refractivity contribution is -0.120. The number of oxazole rings is 1. The summed E-state index contributed by atoms with van der Waals surface area (Å²) >= 11 is 0. The average molecular weight is 399 g/mol. The molecule has 4 rings (SSSR count). The Hall–Kier alpha value is -2.71. The maximum atomic E-state index is 12.8. The van der Waals surface area contributed by atoms with Crippen molar-refractivity contribution in [3.8, 4) is 0 Å². The fraction of sp³-hybridized carbons (Fsp3) is 0.300. The zero-order chi connectivity index (χ0) is 19.7. The van der Waals surface area contributed by atoms with Gasteiger partial charge in [0.2, 0.25) is 15.9 Å². The van der Waals surface area contributed by atoms with Crippen molar-refractivity contribution in [2.75, 3.05) is 18.4 Å². The Morgan fingerprint density at radius 2 is 2.00 bits per heavy atom. The minimum absolute atomic E-state index is 0.175. The highest BCUT2D eigenvalue weighted by Gasteiger charge is 2.33. The molecule has 8 heteroatoms. The van der Waals surface area contributed by atoms with Gasteiger partial charge < -0.3 is 9.73 Å². The number of benzene rings is 2. The van der Waals surface area contributed by atoms with Gasteiger partial charge in [0.1, 0.15) is 5.52 Å². The van der Waals surface area contributed by atoms with E-state index in [4.69, 9.17) is 4.42 Å². The minimum atomic E-state index is -3.60. The van der Waals surface area contributed by atoms with Crippen LogP contribution in [0.2, 0.25) is 0 Å². The van der Waals surface area contributed by atoms with Crippen LogP contribution >= 0.6 is 0 Å². The molecule has 28 heavy (non-hydrogen) atoms. The van der Waals surface area contributed by atoms with Crippen molar-refractivity contribution in [2.24, 2.45) is 5.92 Å². The highest BCUT2D eigenvalue weighted by Crippen LogP contribution is 2.25. The second kappa shape index (κ2) is 7.37. The van der Waals surface area contributed by atoms with E-state index in [-0.39, 0.29) is 17.3 Å². The number of nitrogens with one attached hydrogen (secondary N) is 1. The van der Waals surface area contributed by atoms with Crippen LogP contribution in [0.5, 0.6) is 0 Å². The molecule has 0 aliphatic carbocycles. The Morgan fingerprint density at radius 1 is 1.21 bits per heavy atom. The van der Waals surface area contributed by atoms with Crippen LogP contribution in [0.1, 0.15) is 18.7 Å². The zero-order valence-corrected chi connectivity index (χ0v) is 16.3. The molecule has 3 aromatic rings. The standard InChI is InChI=1S/C20H21N3O4S/c1-14-21-18-12-16(9-10-19(18)27-14)22-20(24)15-6-5-11-23(13-15)28(25,26)17-7-3-2-4-8-17/h2-4,7-10,12,15H,5-6,11,13H2,1H3,(H,22,24). The number of fused-ring (bicyclic) bond motifs is 1. The lowest BCUT2D eigenvalue weighted by atomic mass is 9.98. The molecule has 1 fully saturated rings. The summed E-state index contributed by atoms with van der Waals surface area (Å²) in [7, 11) is -3.60. The van der Waals surface area contributed by atoms with Gasteiger partial charge in [-0.3, -0.25) is 4.79 Å². The predicted molar refractivity (Wildman–Crippen MR) is 105 cm³/mol. The van der Waals surface area contributed by atoms with E-state index >= 15 is 0 Å². The number of hydrogen-bond donors (Lipinski definition) is 1. The number of hydrogen-bond acceptors (Lipinski definition) is 5. The SMILES string of the molecule is Cc1nc2cc(NC(=O)C3CCCN(S(=O)(=O)c4ccccc4)C3)ccc2o1. The maximum Gasteiger partial charge on any atom is 0.243 e. The zero-order valence-electron chi connectivity index (χ0n) is 15.5. The molecular formula is C20H21N3O4S. The first-order valence-corrected chi connectivity index (χ1v) is 10.6. The molecule has 1 aliphatic heterocycles. The van der Waals surface area contributed by atoms with E-state index in [1.807, 2.05) is 0 Å². The van der Waals surface area contributed by atoms with E-state index in [0.717, 1.165) is 0 Å². The number of nitrogens with zero attached hydrogens (tertiary/aromatic N) is 2. The van der Waals surface area contributed by atoms with Crippen molar-refractivity contribution < 1.29 is 17.6 Å². The topological polar surface area (TPSA) is 92.5 Å². The van der Waals surface area contributed by atoms with E-state index in [0.29, 0.717) is 42.1 Å². The lowest BCUT2D eigenvalue weighted by Gasteiger charge is -2.31. The average Bonchev–Trinajstić information content (AvgIpc) is 3.08. The van der Waals surface area contributed by atoms with Crippen molar-refractivity contribution in [3.63, 3.8) is 0 Å². The molecule has 0 radical (unpaired) electrons. The lowest BCUT2D eigenvalue weighted by Crippen LogP contribution is -2.43.